The van der Waals surface area contributed by atoms with Gasteiger partial charge in [-0.1, -0.05) is 18.2 Å². The Morgan fingerprint density at radius 3 is 2.52 bits per heavy atom. The molecule has 0 fully saturated rings. The van der Waals surface area contributed by atoms with E-state index in [2.05, 4.69) is 10.6 Å². The molecule has 6 heteroatoms. The van der Waals surface area contributed by atoms with Gasteiger partial charge in [0.15, 0.2) is 0 Å². The van der Waals surface area contributed by atoms with E-state index in [4.69, 9.17) is 0 Å². The van der Waals surface area contributed by atoms with E-state index in [1.165, 1.54) is 25.1 Å². The summed E-state index contributed by atoms with van der Waals surface area (Å²) in [5, 5.41) is 5.40. The molecule has 2 rings (SSSR count). The molecule has 0 saturated carbocycles. The zero-order valence-corrected chi connectivity index (χ0v) is 14.6. The van der Waals surface area contributed by atoms with Crippen LogP contribution >= 0.6 is 0 Å². The highest BCUT2D eigenvalue weighted by Gasteiger charge is 2.15. The van der Waals surface area contributed by atoms with Crippen molar-refractivity contribution in [3.63, 3.8) is 0 Å². The third-order valence-electron chi connectivity index (χ3n) is 3.74. The van der Waals surface area contributed by atoms with E-state index >= 15 is 0 Å². The Hall–Kier alpha value is -2.89. The van der Waals surface area contributed by atoms with Crippen LogP contribution in [-0.2, 0) is 9.59 Å². The van der Waals surface area contributed by atoms with Gasteiger partial charge in [-0.15, -0.1) is 0 Å². The summed E-state index contributed by atoms with van der Waals surface area (Å²) < 4.78 is 13.7. The molecule has 0 aliphatic heterocycles. The molecule has 0 radical (unpaired) electrons. The smallest absolute Gasteiger partial charge is 0.246 e. The van der Waals surface area contributed by atoms with Crippen molar-refractivity contribution in [3.05, 3.63) is 53.8 Å². The van der Waals surface area contributed by atoms with Crippen LogP contribution in [0.5, 0.6) is 0 Å². The van der Waals surface area contributed by atoms with Gasteiger partial charge in [-0.2, -0.15) is 0 Å². The number of hydrogen-bond acceptors (Lipinski definition) is 3. The van der Waals surface area contributed by atoms with E-state index < -0.39 is 5.82 Å². The third kappa shape index (κ3) is 4.79. The predicted octanol–water partition coefficient (Wildman–Crippen LogP) is 3.56. The topological polar surface area (TPSA) is 61.4 Å². The first kappa shape index (κ1) is 18.4. The lowest BCUT2D eigenvalue weighted by Crippen LogP contribution is -2.35. The minimum absolute atomic E-state index is 0.0628. The van der Waals surface area contributed by atoms with Gasteiger partial charge in [-0.05, 0) is 43.7 Å². The van der Waals surface area contributed by atoms with Gasteiger partial charge in [0.1, 0.15) is 5.82 Å². The molecular weight excluding hydrogens is 321 g/mol. The Morgan fingerprint density at radius 1 is 1.16 bits per heavy atom. The van der Waals surface area contributed by atoms with Crippen molar-refractivity contribution in [1.29, 1.82) is 0 Å². The van der Waals surface area contributed by atoms with Crippen molar-refractivity contribution in [2.75, 3.05) is 28.6 Å². The molecule has 132 valence electrons. The molecule has 2 amide bonds. The molecule has 5 nitrogen and oxygen atoms in total. The van der Waals surface area contributed by atoms with Crippen molar-refractivity contribution in [1.82, 2.24) is 0 Å². The fraction of sp³-hybridized carbons (Fsp3) is 0.263. The number of hydrogen-bond donors (Lipinski definition) is 2. The molecule has 2 aromatic rings. The number of aryl methyl sites for hydroxylation is 1. The van der Waals surface area contributed by atoms with Gasteiger partial charge in [0.25, 0.3) is 0 Å². The van der Waals surface area contributed by atoms with Gasteiger partial charge in [0.2, 0.25) is 11.8 Å². The fourth-order valence-corrected chi connectivity index (χ4v) is 2.54. The summed E-state index contributed by atoms with van der Waals surface area (Å²) in [6.45, 7) is 5.79. The molecule has 0 heterocycles. The highest BCUT2D eigenvalue weighted by Crippen LogP contribution is 2.21. The van der Waals surface area contributed by atoms with Crippen LogP contribution < -0.4 is 15.5 Å². The third-order valence-corrected chi connectivity index (χ3v) is 3.74. The zero-order valence-electron chi connectivity index (χ0n) is 14.6. The summed E-state index contributed by atoms with van der Waals surface area (Å²) in [7, 11) is 0. The van der Waals surface area contributed by atoms with Gasteiger partial charge in [-0.25, -0.2) is 4.39 Å². The van der Waals surface area contributed by atoms with Crippen molar-refractivity contribution in [2.24, 2.45) is 0 Å². The van der Waals surface area contributed by atoms with E-state index in [1.807, 2.05) is 38.1 Å². The lowest BCUT2D eigenvalue weighted by atomic mass is 10.2. The Kier molecular flexibility index (Phi) is 6.11. The molecule has 0 aromatic heterocycles. The highest BCUT2D eigenvalue weighted by atomic mass is 19.1. The van der Waals surface area contributed by atoms with Gasteiger partial charge in [0.05, 0.1) is 12.2 Å². The average molecular weight is 343 g/mol. The summed E-state index contributed by atoms with van der Waals surface area (Å²) in [4.78, 5) is 25.3. The number of halogens is 1. The Bertz CT molecular complexity index is 777. The molecule has 0 aliphatic rings. The first-order valence-electron chi connectivity index (χ1n) is 8.09. The first-order valence-corrected chi connectivity index (χ1v) is 8.09. The molecule has 0 unspecified atom stereocenters. The summed E-state index contributed by atoms with van der Waals surface area (Å²) in [5.74, 6) is -0.979. The molecule has 2 N–H and O–H groups in total. The van der Waals surface area contributed by atoms with Crippen molar-refractivity contribution >= 4 is 28.9 Å². The maximum Gasteiger partial charge on any atom is 0.246 e. The zero-order chi connectivity index (χ0) is 18.4. The summed E-state index contributed by atoms with van der Waals surface area (Å²) >= 11 is 0. The fourth-order valence-electron chi connectivity index (χ4n) is 2.54. The number of nitrogens with one attached hydrogen (secondary N) is 2. The highest BCUT2D eigenvalue weighted by molar-refractivity contribution is 5.97. The number of carbonyl (C=O) groups excluding carboxylic acids is 2. The minimum Gasteiger partial charge on any atom is -0.376 e. The van der Waals surface area contributed by atoms with Crippen LogP contribution in [0.3, 0.4) is 0 Å². The Balaban J connectivity index is 2.08. The van der Waals surface area contributed by atoms with Gasteiger partial charge in [0, 0.05) is 24.8 Å². The maximum absolute atomic E-state index is 13.7. The van der Waals surface area contributed by atoms with Crippen LogP contribution in [0.15, 0.2) is 42.5 Å². The lowest BCUT2D eigenvalue weighted by Gasteiger charge is -2.23. The molecule has 0 bridgehead atoms. The van der Waals surface area contributed by atoms with E-state index in [0.717, 1.165) is 11.3 Å². The van der Waals surface area contributed by atoms with E-state index in [9.17, 15) is 14.0 Å². The van der Waals surface area contributed by atoms with Crippen LogP contribution in [0, 0.1) is 12.7 Å². The quantitative estimate of drug-likeness (QED) is 0.843. The second-order valence-electron chi connectivity index (χ2n) is 5.65. The number of nitrogens with zero attached hydrogens (tertiary/aromatic N) is 1. The van der Waals surface area contributed by atoms with Gasteiger partial charge < -0.3 is 15.5 Å². The van der Waals surface area contributed by atoms with Crippen molar-refractivity contribution < 1.29 is 14.0 Å². The normalized spacial score (nSPS) is 10.2. The maximum atomic E-state index is 13.7. The van der Waals surface area contributed by atoms with Crippen LogP contribution in [0.1, 0.15) is 19.4 Å². The largest absolute Gasteiger partial charge is 0.376 e. The minimum atomic E-state index is -0.526. The lowest BCUT2D eigenvalue weighted by molar-refractivity contribution is -0.117. The second kappa shape index (κ2) is 8.28. The van der Waals surface area contributed by atoms with Gasteiger partial charge >= 0.3 is 0 Å². The Labute approximate surface area is 146 Å². The number of rotatable bonds is 6. The van der Waals surface area contributed by atoms with Crippen molar-refractivity contribution in [2.45, 2.75) is 20.8 Å². The average Bonchev–Trinajstić information content (AvgIpc) is 2.57. The van der Waals surface area contributed by atoms with Crippen LogP contribution in [0.4, 0.5) is 21.5 Å². The van der Waals surface area contributed by atoms with Crippen molar-refractivity contribution in [3.8, 4) is 0 Å². The molecule has 0 spiro atoms. The Morgan fingerprint density at radius 2 is 1.88 bits per heavy atom. The summed E-state index contributed by atoms with van der Waals surface area (Å²) in [6.07, 6.45) is 0. The summed E-state index contributed by atoms with van der Waals surface area (Å²) in [6, 6.07) is 11.9. The SMILES string of the molecule is CCN(C(=O)CNc1ccc(F)c(NC(C)=O)c1)c1ccccc1C. The number of likely N-dealkylation sites (N-methyl/N-ethyl adjacent to an activating group) is 1. The van der Waals surface area contributed by atoms with Crippen LogP contribution in [0.25, 0.3) is 0 Å². The first-order chi connectivity index (χ1) is 11.9. The molecule has 0 aliphatic carbocycles. The standard InChI is InChI=1S/C19H22FN3O2/c1-4-23(18-8-6-5-7-13(18)2)19(25)12-21-15-9-10-16(20)17(11-15)22-14(3)24/h5-11,21H,4,12H2,1-3H3,(H,22,24). The number of benzene rings is 2. The molecule has 0 saturated heterocycles. The van der Waals surface area contributed by atoms with Crippen LogP contribution in [-0.4, -0.2) is 24.9 Å². The molecular formula is C19H22FN3O2. The van der Waals surface area contributed by atoms with Gasteiger partial charge in [-0.3, -0.25) is 9.59 Å². The molecule has 2 aromatic carbocycles. The van der Waals surface area contributed by atoms with E-state index in [0.29, 0.717) is 12.2 Å². The van der Waals surface area contributed by atoms with Crippen LogP contribution in [0.2, 0.25) is 0 Å². The molecule has 25 heavy (non-hydrogen) atoms. The molecule has 0 atom stereocenters. The monoisotopic (exact) mass is 343 g/mol. The van der Waals surface area contributed by atoms with E-state index in [1.54, 1.807) is 4.90 Å². The summed E-state index contributed by atoms with van der Waals surface area (Å²) in [5.41, 5.74) is 2.53. The number of carbonyl (C=O) groups is 2. The number of amides is 2. The number of para-hydroxylation sites is 1. The second-order valence-corrected chi connectivity index (χ2v) is 5.65. The predicted molar refractivity (Wildman–Crippen MR) is 98.4 cm³/mol. The van der Waals surface area contributed by atoms with E-state index in [-0.39, 0.29) is 24.0 Å². The number of anilines is 3.